The van der Waals surface area contributed by atoms with Gasteiger partial charge in [0.05, 0.1) is 30.7 Å². The minimum absolute atomic E-state index is 0.158. The summed E-state index contributed by atoms with van der Waals surface area (Å²) in [7, 11) is 3.12. The highest BCUT2D eigenvalue weighted by Gasteiger charge is 2.19. The summed E-state index contributed by atoms with van der Waals surface area (Å²) in [6.07, 6.45) is 0. The van der Waals surface area contributed by atoms with Crippen LogP contribution in [0.15, 0.2) is 40.6 Å². The third kappa shape index (κ3) is 4.81. The first kappa shape index (κ1) is 21.0. The highest BCUT2D eigenvalue weighted by molar-refractivity contribution is 8.00. The fourth-order valence-corrected chi connectivity index (χ4v) is 4.53. The van der Waals surface area contributed by atoms with E-state index in [1.54, 1.807) is 36.0 Å². The van der Waals surface area contributed by atoms with E-state index in [9.17, 15) is 8.78 Å². The van der Waals surface area contributed by atoms with Crippen molar-refractivity contribution in [1.29, 1.82) is 0 Å². The standard InChI is InChI=1S/C18H14Cl2F2N2O2S2/c1-25-11-4-3-10(15(5-11)26-2)8-24(18-23-17(20)9-27-18)28-16-6-12(19)13(21)7-14(16)22/h3-7,9H,8H2,1-2H3. The van der Waals surface area contributed by atoms with Gasteiger partial charge in [-0.3, -0.25) is 4.31 Å². The van der Waals surface area contributed by atoms with Crippen molar-refractivity contribution in [3.63, 3.8) is 0 Å². The first-order valence-corrected chi connectivity index (χ1v) is 10.2. The van der Waals surface area contributed by atoms with Gasteiger partial charge in [0.2, 0.25) is 0 Å². The Morgan fingerprint density at radius 3 is 2.54 bits per heavy atom. The number of benzene rings is 2. The Bertz CT molecular complexity index is 988. The van der Waals surface area contributed by atoms with Crippen molar-refractivity contribution >= 4 is 51.6 Å². The summed E-state index contributed by atoms with van der Waals surface area (Å²) in [5.74, 6) is -0.288. The molecule has 0 bridgehead atoms. The summed E-state index contributed by atoms with van der Waals surface area (Å²) in [6.45, 7) is 0.316. The molecule has 3 aromatic rings. The second kappa shape index (κ2) is 9.17. The van der Waals surface area contributed by atoms with Crippen LogP contribution in [0.4, 0.5) is 13.9 Å². The van der Waals surface area contributed by atoms with Gasteiger partial charge in [0.15, 0.2) is 5.13 Å². The zero-order valence-corrected chi connectivity index (χ0v) is 17.9. The molecule has 1 aromatic heterocycles. The number of rotatable bonds is 7. The molecular weight excluding hydrogens is 449 g/mol. The lowest BCUT2D eigenvalue weighted by atomic mass is 10.2. The molecule has 0 atom stereocenters. The molecule has 0 aliphatic carbocycles. The molecule has 0 spiro atoms. The van der Waals surface area contributed by atoms with Crippen LogP contribution in [0.5, 0.6) is 11.5 Å². The van der Waals surface area contributed by atoms with Gasteiger partial charge < -0.3 is 9.47 Å². The molecule has 28 heavy (non-hydrogen) atoms. The lowest BCUT2D eigenvalue weighted by Gasteiger charge is -2.22. The van der Waals surface area contributed by atoms with Gasteiger partial charge in [-0.25, -0.2) is 13.8 Å². The van der Waals surface area contributed by atoms with E-state index in [1.165, 1.54) is 17.4 Å². The molecule has 0 saturated heterocycles. The Hall–Kier alpha value is -1.74. The molecule has 0 fully saturated rings. The second-order valence-electron chi connectivity index (χ2n) is 5.46. The van der Waals surface area contributed by atoms with E-state index in [0.29, 0.717) is 28.3 Å². The molecule has 4 nitrogen and oxygen atoms in total. The first-order valence-electron chi connectivity index (χ1n) is 7.83. The van der Waals surface area contributed by atoms with Crippen LogP contribution in [0.3, 0.4) is 0 Å². The summed E-state index contributed by atoms with van der Waals surface area (Å²) in [5.41, 5.74) is 0.815. The Labute approximate surface area is 179 Å². The zero-order chi connectivity index (χ0) is 20.3. The van der Waals surface area contributed by atoms with Crippen molar-refractivity contribution in [1.82, 2.24) is 4.98 Å². The van der Waals surface area contributed by atoms with Crippen LogP contribution in [0, 0.1) is 11.6 Å². The van der Waals surface area contributed by atoms with Gasteiger partial charge in [0.25, 0.3) is 0 Å². The van der Waals surface area contributed by atoms with Crippen molar-refractivity contribution in [2.24, 2.45) is 0 Å². The predicted molar refractivity (Wildman–Crippen MR) is 110 cm³/mol. The largest absolute Gasteiger partial charge is 0.497 e. The highest BCUT2D eigenvalue weighted by Crippen LogP contribution is 2.38. The van der Waals surface area contributed by atoms with Gasteiger partial charge in [-0.05, 0) is 30.1 Å². The maximum absolute atomic E-state index is 14.3. The molecule has 0 amide bonds. The first-order chi connectivity index (χ1) is 13.4. The molecule has 0 aliphatic heterocycles. The average molecular weight is 463 g/mol. The van der Waals surface area contributed by atoms with Crippen molar-refractivity contribution in [2.45, 2.75) is 11.4 Å². The fourth-order valence-electron chi connectivity index (χ4n) is 2.33. The van der Waals surface area contributed by atoms with Crippen LogP contribution < -0.4 is 13.8 Å². The fraction of sp³-hybridized carbons (Fsp3) is 0.167. The molecule has 0 radical (unpaired) electrons. The number of aromatic nitrogens is 1. The third-order valence-corrected chi connectivity index (χ3v) is 6.29. The highest BCUT2D eigenvalue weighted by atomic mass is 35.5. The van der Waals surface area contributed by atoms with Gasteiger partial charge in [-0.1, -0.05) is 23.2 Å². The number of ether oxygens (including phenoxy) is 2. The zero-order valence-electron chi connectivity index (χ0n) is 14.7. The van der Waals surface area contributed by atoms with Crippen molar-refractivity contribution in [2.75, 3.05) is 18.5 Å². The lowest BCUT2D eigenvalue weighted by Crippen LogP contribution is -2.15. The van der Waals surface area contributed by atoms with E-state index in [0.717, 1.165) is 23.6 Å². The van der Waals surface area contributed by atoms with Crippen LogP contribution in [0.1, 0.15) is 5.56 Å². The number of anilines is 1. The second-order valence-corrected chi connectivity index (χ2v) is 8.15. The molecular formula is C18H14Cl2F2N2O2S2. The number of halogens is 4. The van der Waals surface area contributed by atoms with Gasteiger partial charge in [-0.15, -0.1) is 11.3 Å². The van der Waals surface area contributed by atoms with Crippen molar-refractivity contribution in [3.8, 4) is 11.5 Å². The summed E-state index contributed by atoms with van der Waals surface area (Å²) in [6, 6.07) is 7.39. The van der Waals surface area contributed by atoms with Gasteiger partial charge in [-0.2, -0.15) is 0 Å². The number of methoxy groups -OCH3 is 2. The Morgan fingerprint density at radius 2 is 1.89 bits per heavy atom. The lowest BCUT2D eigenvalue weighted by molar-refractivity contribution is 0.391. The molecule has 10 heteroatoms. The summed E-state index contributed by atoms with van der Waals surface area (Å²) in [4.78, 5) is 4.41. The molecule has 148 valence electrons. The van der Waals surface area contributed by atoms with Crippen LogP contribution in [0.25, 0.3) is 0 Å². The van der Waals surface area contributed by atoms with E-state index in [-0.39, 0.29) is 9.92 Å². The quantitative estimate of drug-likeness (QED) is 0.297. The molecule has 0 saturated carbocycles. The van der Waals surface area contributed by atoms with Crippen molar-refractivity contribution in [3.05, 3.63) is 63.1 Å². The average Bonchev–Trinajstić information content (AvgIpc) is 3.11. The number of hydrogen-bond acceptors (Lipinski definition) is 6. The Balaban J connectivity index is 1.96. The van der Waals surface area contributed by atoms with Crippen LogP contribution >= 0.6 is 46.5 Å². The maximum Gasteiger partial charge on any atom is 0.197 e. The number of thiazole rings is 1. The molecule has 2 aromatic carbocycles. The number of nitrogens with zero attached hydrogens (tertiary/aromatic N) is 2. The third-order valence-electron chi connectivity index (χ3n) is 3.67. The minimum Gasteiger partial charge on any atom is -0.497 e. The van der Waals surface area contributed by atoms with Gasteiger partial charge >= 0.3 is 0 Å². The Kier molecular flexibility index (Phi) is 6.87. The van der Waals surface area contributed by atoms with Crippen LogP contribution in [0.2, 0.25) is 10.2 Å². The van der Waals surface area contributed by atoms with Gasteiger partial charge in [0.1, 0.15) is 28.3 Å². The van der Waals surface area contributed by atoms with Crippen LogP contribution in [-0.2, 0) is 6.54 Å². The van der Waals surface area contributed by atoms with E-state index < -0.39 is 11.6 Å². The van der Waals surface area contributed by atoms with E-state index in [4.69, 9.17) is 32.7 Å². The van der Waals surface area contributed by atoms with E-state index >= 15 is 0 Å². The monoisotopic (exact) mass is 462 g/mol. The summed E-state index contributed by atoms with van der Waals surface area (Å²) >= 11 is 14.1. The minimum atomic E-state index is -0.816. The molecule has 0 unspecified atom stereocenters. The maximum atomic E-state index is 14.3. The van der Waals surface area contributed by atoms with Gasteiger partial charge in [0, 0.05) is 23.1 Å². The number of hydrogen-bond donors (Lipinski definition) is 0. The summed E-state index contributed by atoms with van der Waals surface area (Å²) in [5, 5.41) is 2.38. The van der Waals surface area contributed by atoms with E-state index in [1.807, 2.05) is 6.07 Å². The molecule has 0 N–H and O–H groups in total. The molecule has 3 rings (SSSR count). The smallest absolute Gasteiger partial charge is 0.197 e. The Morgan fingerprint density at radius 1 is 1.11 bits per heavy atom. The molecule has 1 heterocycles. The van der Waals surface area contributed by atoms with Crippen LogP contribution in [-0.4, -0.2) is 19.2 Å². The SMILES string of the molecule is COc1ccc(CN(Sc2cc(Cl)c(F)cc2F)c2nc(Cl)cs2)c(OC)c1. The normalized spacial score (nSPS) is 10.8. The van der Waals surface area contributed by atoms with E-state index in [2.05, 4.69) is 4.98 Å². The summed E-state index contributed by atoms with van der Waals surface area (Å²) < 4.78 is 40.1. The van der Waals surface area contributed by atoms with Crippen molar-refractivity contribution < 1.29 is 18.3 Å². The molecule has 0 aliphatic rings. The topological polar surface area (TPSA) is 34.6 Å². The predicted octanol–water partition coefficient (Wildman–Crippen LogP) is 6.46.